The van der Waals surface area contributed by atoms with Gasteiger partial charge in [0.15, 0.2) is 0 Å². The lowest BCUT2D eigenvalue weighted by atomic mass is 10.0. The summed E-state index contributed by atoms with van der Waals surface area (Å²) in [6, 6.07) is 16.9. The molecular formula is C18H12ClN3O. The number of pyridine rings is 1. The lowest BCUT2D eigenvalue weighted by molar-refractivity contribution is 0.542. The summed E-state index contributed by atoms with van der Waals surface area (Å²) in [5.74, 6) is 0.284. The number of nitrogens with one attached hydrogen (secondary N) is 1. The summed E-state index contributed by atoms with van der Waals surface area (Å²) in [6.07, 6.45) is 0. The van der Waals surface area contributed by atoms with Gasteiger partial charge in [0.25, 0.3) is 0 Å². The van der Waals surface area contributed by atoms with Crippen molar-refractivity contribution in [1.29, 1.82) is 5.41 Å². The molecular weight excluding hydrogens is 310 g/mol. The third-order valence-corrected chi connectivity index (χ3v) is 4.06. The predicted molar refractivity (Wildman–Crippen MR) is 92.2 cm³/mol. The summed E-state index contributed by atoms with van der Waals surface area (Å²) in [6.45, 7) is 0. The molecule has 0 atom stereocenters. The number of rotatable bonds is 1. The fourth-order valence-electron chi connectivity index (χ4n) is 2.72. The van der Waals surface area contributed by atoms with Crippen molar-refractivity contribution in [1.82, 2.24) is 4.98 Å². The normalized spacial score (nSPS) is 11.2. The zero-order chi connectivity index (χ0) is 16.0. The number of fused-ring (bicyclic) bond motifs is 3. The second-order valence-corrected chi connectivity index (χ2v) is 5.69. The van der Waals surface area contributed by atoms with E-state index in [1.165, 1.54) is 0 Å². The Balaban J connectivity index is 2.11. The van der Waals surface area contributed by atoms with Crippen LogP contribution in [0.2, 0.25) is 5.02 Å². The molecule has 0 fully saturated rings. The largest absolute Gasteiger partial charge is 0.438 e. The van der Waals surface area contributed by atoms with E-state index in [1.807, 2.05) is 54.6 Å². The zero-order valence-corrected chi connectivity index (χ0v) is 12.8. The summed E-state index contributed by atoms with van der Waals surface area (Å²) in [5, 5.41) is 11.0. The molecule has 112 valence electrons. The Labute approximate surface area is 136 Å². The monoisotopic (exact) mass is 321 g/mol. The number of nitrogens with zero attached hydrogens (tertiary/aromatic N) is 1. The Kier molecular flexibility index (Phi) is 3.06. The second kappa shape index (κ2) is 5.11. The molecule has 0 spiro atoms. The summed E-state index contributed by atoms with van der Waals surface area (Å²) in [5.41, 5.74) is 8.42. The lowest BCUT2D eigenvalue weighted by Crippen LogP contribution is -2.06. The minimum atomic E-state index is 0.0198. The molecule has 0 saturated carbocycles. The molecule has 2 aromatic heterocycles. The molecule has 23 heavy (non-hydrogen) atoms. The average molecular weight is 322 g/mol. The maximum Gasteiger partial charge on any atom is 0.223 e. The fraction of sp³-hybridized carbons (Fsp3) is 0. The van der Waals surface area contributed by atoms with Crippen LogP contribution >= 0.6 is 11.6 Å². The molecule has 0 aliphatic rings. The van der Waals surface area contributed by atoms with Crippen LogP contribution in [-0.4, -0.2) is 4.98 Å². The molecule has 0 aliphatic heterocycles. The maximum atomic E-state index is 8.09. The van der Waals surface area contributed by atoms with Gasteiger partial charge in [-0.1, -0.05) is 41.9 Å². The van der Waals surface area contributed by atoms with Gasteiger partial charge in [0.1, 0.15) is 11.4 Å². The average Bonchev–Trinajstić information content (AvgIpc) is 2.55. The molecule has 0 saturated heterocycles. The standard InChI is InChI=1S/C18H12ClN3O/c19-11-7-5-10(6-8-11)14-9-13-12-3-1-2-4-15(12)23-18(21)16(13)17(20)22-14/h1-9,21H,(H2,20,22). The van der Waals surface area contributed by atoms with E-state index in [4.69, 9.17) is 27.2 Å². The highest BCUT2D eigenvalue weighted by molar-refractivity contribution is 6.30. The molecule has 3 N–H and O–H groups in total. The van der Waals surface area contributed by atoms with E-state index in [0.29, 0.717) is 16.0 Å². The SMILES string of the molecule is N=c1oc2ccccc2c2cc(-c3ccc(Cl)cc3)nc(N)c12. The molecule has 4 rings (SSSR count). The van der Waals surface area contributed by atoms with Gasteiger partial charge in [-0.2, -0.15) is 0 Å². The molecule has 5 heteroatoms. The molecule has 0 unspecified atom stereocenters. The van der Waals surface area contributed by atoms with Gasteiger partial charge in [-0.25, -0.2) is 4.98 Å². The van der Waals surface area contributed by atoms with Crippen LogP contribution in [0.3, 0.4) is 0 Å². The van der Waals surface area contributed by atoms with Gasteiger partial charge in [-0.3, -0.25) is 5.41 Å². The van der Waals surface area contributed by atoms with Crippen molar-refractivity contribution >= 4 is 39.2 Å². The van der Waals surface area contributed by atoms with Crippen LogP contribution < -0.4 is 11.3 Å². The summed E-state index contributed by atoms with van der Waals surface area (Å²) in [4.78, 5) is 4.42. The smallest absolute Gasteiger partial charge is 0.223 e. The summed E-state index contributed by atoms with van der Waals surface area (Å²) >= 11 is 5.94. The van der Waals surface area contributed by atoms with Crippen LogP contribution in [0.1, 0.15) is 0 Å². The van der Waals surface area contributed by atoms with E-state index in [0.717, 1.165) is 22.0 Å². The van der Waals surface area contributed by atoms with Crippen LogP contribution in [-0.2, 0) is 0 Å². The molecule has 2 heterocycles. The highest BCUT2D eigenvalue weighted by Gasteiger charge is 2.12. The van der Waals surface area contributed by atoms with Gasteiger partial charge in [0, 0.05) is 21.4 Å². The Morgan fingerprint density at radius 3 is 2.52 bits per heavy atom. The van der Waals surface area contributed by atoms with Gasteiger partial charge in [0.05, 0.1) is 11.1 Å². The highest BCUT2D eigenvalue weighted by atomic mass is 35.5. The van der Waals surface area contributed by atoms with Gasteiger partial charge in [-0.05, 0) is 24.3 Å². The number of anilines is 1. The van der Waals surface area contributed by atoms with Crippen LogP contribution in [0.25, 0.3) is 33.0 Å². The molecule has 4 aromatic rings. The van der Waals surface area contributed by atoms with E-state index >= 15 is 0 Å². The van der Waals surface area contributed by atoms with Crippen molar-refractivity contribution in [2.75, 3.05) is 5.73 Å². The second-order valence-electron chi connectivity index (χ2n) is 5.25. The Hall–Kier alpha value is -2.85. The van der Waals surface area contributed by atoms with Crippen molar-refractivity contribution in [3.8, 4) is 11.3 Å². The third-order valence-electron chi connectivity index (χ3n) is 3.80. The fourth-order valence-corrected chi connectivity index (χ4v) is 2.85. The number of aromatic nitrogens is 1. The molecule has 0 bridgehead atoms. The van der Waals surface area contributed by atoms with Crippen molar-refractivity contribution in [3.63, 3.8) is 0 Å². The molecule has 2 aromatic carbocycles. The number of benzene rings is 2. The number of nitrogen functional groups attached to an aromatic ring is 1. The van der Waals surface area contributed by atoms with E-state index in [9.17, 15) is 0 Å². The first-order valence-electron chi connectivity index (χ1n) is 7.06. The van der Waals surface area contributed by atoms with Gasteiger partial charge in [-0.15, -0.1) is 0 Å². The lowest BCUT2D eigenvalue weighted by Gasteiger charge is -2.09. The number of hydrogen-bond donors (Lipinski definition) is 2. The quantitative estimate of drug-likeness (QED) is 0.511. The van der Waals surface area contributed by atoms with Crippen LogP contribution in [0, 0.1) is 5.41 Å². The number of hydrogen-bond acceptors (Lipinski definition) is 4. The van der Waals surface area contributed by atoms with Crippen LogP contribution in [0.5, 0.6) is 0 Å². The molecule has 0 radical (unpaired) electrons. The minimum absolute atomic E-state index is 0.0198. The van der Waals surface area contributed by atoms with Crippen LogP contribution in [0.4, 0.5) is 5.82 Å². The van der Waals surface area contributed by atoms with E-state index in [-0.39, 0.29) is 11.4 Å². The number of halogens is 1. The molecule has 0 amide bonds. The van der Waals surface area contributed by atoms with Gasteiger partial charge in [0.2, 0.25) is 5.55 Å². The topological polar surface area (TPSA) is 75.9 Å². The zero-order valence-electron chi connectivity index (χ0n) is 12.0. The summed E-state index contributed by atoms with van der Waals surface area (Å²) < 4.78 is 5.55. The van der Waals surface area contributed by atoms with Crippen molar-refractivity contribution in [2.24, 2.45) is 0 Å². The van der Waals surface area contributed by atoms with Crippen molar-refractivity contribution in [3.05, 3.63) is 65.2 Å². The first kappa shape index (κ1) is 13.8. The van der Waals surface area contributed by atoms with E-state index < -0.39 is 0 Å². The Morgan fingerprint density at radius 1 is 1.00 bits per heavy atom. The number of para-hydroxylation sites is 1. The molecule has 0 aliphatic carbocycles. The van der Waals surface area contributed by atoms with Gasteiger partial charge < -0.3 is 10.2 Å². The van der Waals surface area contributed by atoms with Crippen molar-refractivity contribution in [2.45, 2.75) is 0 Å². The Morgan fingerprint density at radius 2 is 1.74 bits per heavy atom. The first-order chi connectivity index (χ1) is 11.1. The minimum Gasteiger partial charge on any atom is -0.438 e. The van der Waals surface area contributed by atoms with Gasteiger partial charge >= 0.3 is 0 Å². The van der Waals surface area contributed by atoms with Crippen molar-refractivity contribution < 1.29 is 4.42 Å². The van der Waals surface area contributed by atoms with E-state index in [1.54, 1.807) is 0 Å². The number of nitrogens with two attached hydrogens (primary N) is 1. The summed E-state index contributed by atoms with van der Waals surface area (Å²) in [7, 11) is 0. The molecule has 4 nitrogen and oxygen atoms in total. The van der Waals surface area contributed by atoms with E-state index in [2.05, 4.69) is 4.98 Å². The van der Waals surface area contributed by atoms with Crippen LogP contribution in [0.15, 0.2) is 59.0 Å². The maximum absolute atomic E-state index is 8.09. The Bertz CT molecular complexity index is 1100. The first-order valence-corrected chi connectivity index (χ1v) is 7.44. The third kappa shape index (κ3) is 2.24. The predicted octanol–water partition coefficient (Wildman–Crippen LogP) is 4.36. The highest BCUT2D eigenvalue weighted by Crippen LogP contribution is 2.30.